The van der Waals surface area contributed by atoms with Crippen molar-refractivity contribution >= 4 is 0 Å². The highest BCUT2D eigenvalue weighted by Gasteiger charge is 2.73. The molecule has 20 atom stereocenters. The standard InChI is InChI=1S/C41H70O13/c1-20(2)10-9-13-41(8,50)21-11-15-39(6)28(21)22(43)16-26-38(5)14-12-27(45)37(3,4)34(38)24(17-40(26,39)7)52-36-33(31(48)30(47)25(18-42)53-36)54-35-32(49)29(46)23(44)19-51-35/h10,21-36,42-50H,9,11-19H2,1-8H3/t21?,22?,23?,24?,25?,26?,27?,28-,29?,30?,31?,32?,33?,34?,35?,36?,38-,39+,40-,41-/m1/s1. The maximum atomic E-state index is 12.2. The number of ether oxygens (including phenoxy) is 4. The maximum absolute atomic E-state index is 12.2. The molecule has 0 radical (unpaired) electrons. The van der Waals surface area contributed by atoms with Crippen molar-refractivity contribution in [2.75, 3.05) is 13.2 Å². The smallest absolute Gasteiger partial charge is 0.187 e. The van der Waals surface area contributed by atoms with E-state index in [0.29, 0.717) is 32.1 Å². The summed E-state index contributed by atoms with van der Waals surface area (Å²) in [6, 6.07) is 0. The fourth-order valence-corrected chi connectivity index (χ4v) is 13.1. The molecule has 6 fully saturated rings. The van der Waals surface area contributed by atoms with Crippen LogP contribution >= 0.6 is 0 Å². The number of aliphatic hydroxyl groups is 9. The van der Waals surface area contributed by atoms with Crippen molar-refractivity contribution in [3.63, 3.8) is 0 Å². The molecule has 2 aliphatic heterocycles. The Kier molecular flexibility index (Phi) is 12.0. The Morgan fingerprint density at radius 2 is 1.52 bits per heavy atom. The fourth-order valence-electron chi connectivity index (χ4n) is 13.1. The van der Waals surface area contributed by atoms with Crippen LogP contribution in [0.1, 0.15) is 107 Å². The minimum atomic E-state index is -1.68. The van der Waals surface area contributed by atoms with E-state index in [9.17, 15) is 46.0 Å². The summed E-state index contributed by atoms with van der Waals surface area (Å²) in [7, 11) is 0. The highest BCUT2D eigenvalue weighted by atomic mass is 16.8. The summed E-state index contributed by atoms with van der Waals surface area (Å²) in [5, 5.41) is 99.6. The molecule has 6 rings (SSSR count). The van der Waals surface area contributed by atoms with Gasteiger partial charge in [0.15, 0.2) is 12.6 Å². The van der Waals surface area contributed by atoms with E-state index in [2.05, 4.69) is 40.7 Å². The van der Waals surface area contributed by atoms with Gasteiger partial charge in [-0.2, -0.15) is 0 Å². The first-order valence-electron chi connectivity index (χ1n) is 20.4. The summed E-state index contributed by atoms with van der Waals surface area (Å²) >= 11 is 0. The molecule has 13 nitrogen and oxygen atoms in total. The number of rotatable bonds is 9. The van der Waals surface area contributed by atoms with Gasteiger partial charge in [0.25, 0.3) is 0 Å². The zero-order chi connectivity index (χ0) is 39.9. The van der Waals surface area contributed by atoms with Gasteiger partial charge in [0, 0.05) is 0 Å². The molecular weight excluding hydrogens is 700 g/mol. The lowest BCUT2D eigenvalue weighted by molar-refractivity contribution is -0.377. The monoisotopic (exact) mass is 770 g/mol. The highest BCUT2D eigenvalue weighted by Crippen LogP contribution is 2.76. The average molecular weight is 771 g/mol. The maximum Gasteiger partial charge on any atom is 0.187 e. The van der Waals surface area contributed by atoms with Gasteiger partial charge in [0.1, 0.15) is 42.7 Å². The summed E-state index contributed by atoms with van der Waals surface area (Å²) in [5.74, 6) is -0.513. The molecule has 2 heterocycles. The normalized spacial score (nSPS) is 52.8. The molecule has 4 saturated carbocycles. The molecule has 6 aliphatic rings. The van der Waals surface area contributed by atoms with E-state index in [1.807, 2.05) is 20.8 Å². The van der Waals surface area contributed by atoms with Crippen molar-refractivity contribution in [1.82, 2.24) is 0 Å². The summed E-state index contributed by atoms with van der Waals surface area (Å²) < 4.78 is 24.8. The SMILES string of the molecule is CC(C)=CCC[C@@](C)(O)C1CC[C@@]2(C)[C@H]1C(O)CC1[C@@]3(C)CCC(O)C(C)(C)C3C(OC3OC(CO)C(O)C(O)C3OC3OCC(O)C(O)C3O)C[C@]12C. The zero-order valence-corrected chi connectivity index (χ0v) is 33.5. The van der Waals surface area contributed by atoms with Crippen LogP contribution in [-0.4, -0.2) is 138 Å². The van der Waals surface area contributed by atoms with Crippen LogP contribution in [-0.2, 0) is 18.9 Å². The van der Waals surface area contributed by atoms with Crippen molar-refractivity contribution in [3.8, 4) is 0 Å². The van der Waals surface area contributed by atoms with E-state index in [0.717, 1.165) is 19.3 Å². The third kappa shape index (κ3) is 6.86. The molecule has 9 N–H and O–H groups in total. The van der Waals surface area contributed by atoms with Gasteiger partial charge in [-0.25, -0.2) is 0 Å². The second-order valence-corrected chi connectivity index (χ2v) is 19.8. The molecule has 312 valence electrons. The molecule has 0 amide bonds. The van der Waals surface area contributed by atoms with Crippen molar-refractivity contribution in [3.05, 3.63) is 11.6 Å². The first-order chi connectivity index (χ1) is 25.0. The Morgan fingerprint density at radius 1 is 0.833 bits per heavy atom. The second-order valence-electron chi connectivity index (χ2n) is 19.8. The van der Waals surface area contributed by atoms with Crippen LogP contribution < -0.4 is 0 Å². The molecule has 0 bridgehead atoms. The Bertz CT molecular complexity index is 1350. The molecule has 4 aliphatic carbocycles. The van der Waals surface area contributed by atoms with E-state index >= 15 is 0 Å². The van der Waals surface area contributed by atoms with Gasteiger partial charge in [0.05, 0.1) is 37.1 Å². The van der Waals surface area contributed by atoms with E-state index in [4.69, 9.17) is 18.9 Å². The predicted octanol–water partition coefficient (Wildman–Crippen LogP) is 1.76. The van der Waals surface area contributed by atoms with Crippen LogP contribution in [0.3, 0.4) is 0 Å². The zero-order valence-electron chi connectivity index (χ0n) is 33.5. The number of hydrogen-bond acceptors (Lipinski definition) is 13. The average Bonchev–Trinajstić information content (AvgIpc) is 3.48. The topological polar surface area (TPSA) is 219 Å². The Hall–Kier alpha value is -0.780. The number of allylic oxidation sites excluding steroid dienone is 2. The largest absolute Gasteiger partial charge is 0.394 e. The van der Waals surface area contributed by atoms with Crippen molar-refractivity contribution in [2.45, 2.75) is 186 Å². The van der Waals surface area contributed by atoms with E-state index in [-0.39, 0.29) is 30.3 Å². The lowest BCUT2D eigenvalue weighted by Crippen LogP contribution is -2.71. The third-order valence-corrected chi connectivity index (χ3v) is 16.1. The molecule has 2 saturated heterocycles. The summed E-state index contributed by atoms with van der Waals surface area (Å²) in [4.78, 5) is 0. The number of hydrogen-bond donors (Lipinski definition) is 9. The van der Waals surface area contributed by atoms with Crippen LogP contribution in [0.25, 0.3) is 0 Å². The molecule has 0 aromatic rings. The van der Waals surface area contributed by atoms with E-state index < -0.39 is 107 Å². The molecule has 0 aromatic carbocycles. The highest BCUT2D eigenvalue weighted by molar-refractivity contribution is 5.22. The van der Waals surface area contributed by atoms with Gasteiger partial charge in [-0.3, -0.25) is 0 Å². The minimum Gasteiger partial charge on any atom is -0.394 e. The molecule has 0 aromatic heterocycles. The Morgan fingerprint density at radius 3 is 2.17 bits per heavy atom. The molecular formula is C41H70O13. The summed E-state index contributed by atoms with van der Waals surface area (Å²) in [5.41, 5.74) is -1.69. The van der Waals surface area contributed by atoms with Crippen LogP contribution in [0, 0.1) is 45.3 Å². The first-order valence-corrected chi connectivity index (χ1v) is 20.4. The first kappa shape index (κ1) is 42.8. The molecule has 13 heteroatoms. The van der Waals surface area contributed by atoms with Crippen molar-refractivity contribution < 1.29 is 64.9 Å². The van der Waals surface area contributed by atoms with Crippen LogP contribution in [0.15, 0.2) is 11.6 Å². The van der Waals surface area contributed by atoms with Gasteiger partial charge in [-0.15, -0.1) is 0 Å². The van der Waals surface area contributed by atoms with Gasteiger partial charge in [-0.1, -0.05) is 46.3 Å². The summed E-state index contributed by atoms with van der Waals surface area (Å²) in [6.45, 7) is 16.0. The van der Waals surface area contributed by atoms with Crippen molar-refractivity contribution in [1.29, 1.82) is 0 Å². The number of aliphatic hydroxyl groups excluding tert-OH is 8. The van der Waals surface area contributed by atoms with Gasteiger partial charge >= 0.3 is 0 Å². The van der Waals surface area contributed by atoms with Crippen molar-refractivity contribution in [2.24, 2.45) is 45.3 Å². The number of fused-ring (bicyclic) bond motifs is 5. The molecule has 54 heavy (non-hydrogen) atoms. The third-order valence-electron chi connectivity index (χ3n) is 16.1. The minimum absolute atomic E-state index is 0.0443. The van der Waals surface area contributed by atoms with Crippen LogP contribution in [0.2, 0.25) is 0 Å². The lowest BCUT2D eigenvalue weighted by Gasteiger charge is -2.72. The van der Waals surface area contributed by atoms with Crippen LogP contribution in [0.4, 0.5) is 0 Å². The van der Waals surface area contributed by atoms with Gasteiger partial charge in [0.2, 0.25) is 0 Å². The Labute approximate surface area is 320 Å². The summed E-state index contributed by atoms with van der Waals surface area (Å²) in [6.07, 6.45) is -7.90. The second kappa shape index (κ2) is 15.1. The van der Waals surface area contributed by atoms with Gasteiger partial charge in [-0.05, 0) is 117 Å². The molecule has 15 unspecified atom stereocenters. The van der Waals surface area contributed by atoms with Crippen LogP contribution in [0.5, 0.6) is 0 Å². The fraction of sp³-hybridized carbons (Fsp3) is 0.951. The quantitative estimate of drug-likeness (QED) is 0.121. The van der Waals surface area contributed by atoms with Gasteiger partial charge < -0.3 is 64.9 Å². The molecule has 0 spiro atoms. The predicted molar refractivity (Wildman–Crippen MR) is 196 cm³/mol. The van der Waals surface area contributed by atoms with E-state index in [1.165, 1.54) is 5.57 Å². The Balaban J connectivity index is 1.38. The van der Waals surface area contributed by atoms with E-state index in [1.54, 1.807) is 0 Å². The lowest BCUT2D eigenvalue weighted by atomic mass is 9.34.